The summed E-state index contributed by atoms with van der Waals surface area (Å²) in [6, 6.07) is 0. The maximum atomic E-state index is 2.23. The first-order chi connectivity index (χ1) is 3.13. The van der Waals surface area contributed by atoms with E-state index in [4.69, 9.17) is 0 Å². The van der Waals surface area contributed by atoms with Crippen molar-refractivity contribution in [3.63, 3.8) is 0 Å². The minimum atomic E-state index is 0. The molecule has 0 unspecified atom stereocenters. The van der Waals surface area contributed by atoms with Crippen LogP contribution in [-0.4, -0.2) is 40.1 Å². The van der Waals surface area contributed by atoms with Gasteiger partial charge < -0.3 is 0 Å². The Morgan fingerprint density at radius 3 is 1.12 bits per heavy atom. The second kappa shape index (κ2) is 6.47. The van der Waals surface area contributed by atoms with Crippen molar-refractivity contribution >= 4 is 41.3 Å². The van der Waals surface area contributed by atoms with Crippen LogP contribution in [0.1, 0.15) is 27.7 Å². The maximum Gasteiger partial charge on any atom is 0 e. The fraction of sp³-hybridized carbons (Fsp3) is 1.00. The molecule has 0 N–H and O–H groups in total. The Balaban J connectivity index is 0. The summed E-state index contributed by atoms with van der Waals surface area (Å²) in [4.78, 5) is 0. The molecule has 0 spiro atoms. The molecule has 0 aliphatic rings. The first-order valence-corrected chi connectivity index (χ1v) is 3.72. The molecule has 0 aliphatic heterocycles. The first-order valence-electron chi connectivity index (χ1n) is 2.78. The van der Waals surface area contributed by atoms with Crippen molar-refractivity contribution in [3.05, 3.63) is 0 Å². The van der Waals surface area contributed by atoms with Gasteiger partial charge in [-0.05, 0) is 10.5 Å². The van der Waals surface area contributed by atoms with Crippen molar-refractivity contribution in [1.82, 2.24) is 0 Å². The van der Waals surface area contributed by atoms with Gasteiger partial charge in [-0.2, -0.15) is 11.8 Å². The number of hydrogen-bond acceptors (Lipinski definition) is 1. The van der Waals surface area contributed by atoms with Crippen LogP contribution in [0, 0.1) is 0 Å². The topological polar surface area (TPSA) is 0 Å². The molecule has 0 saturated heterocycles. The van der Waals surface area contributed by atoms with Crippen LogP contribution >= 0.6 is 11.8 Å². The molecule has 0 aromatic rings. The Labute approximate surface area is 79.1 Å². The van der Waals surface area contributed by atoms with Gasteiger partial charge in [0.05, 0.1) is 0 Å². The van der Waals surface area contributed by atoms with Crippen LogP contribution in [0.15, 0.2) is 0 Å². The predicted octanol–water partition coefficient (Wildman–Crippen LogP) is 2.16. The molecule has 1 radical (unpaired) electrons. The number of hydrogen-bond donors (Lipinski definition) is 0. The fourth-order valence-corrected chi connectivity index (χ4v) is 1.63. The summed E-state index contributed by atoms with van der Waals surface area (Å²) in [5.41, 5.74) is 0. The molecular weight excluding hydrogens is 127 g/mol. The summed E-state index contributed by atoms with van der Waals surface area (Å²) in [5, 5.41) is 1.58. The second-order valence-corrected chi connectivity index (χ2v) is 4.39. The van der Waals surface area contributed by atoms with Crippen LogP contribution in [0.5, 0.6) is 0 Å². The molecule has 2 heteroatoms. The average Bonchev–Trinajstić information content (AvgIpc) is 1.27. The summed E-state index contributed by atoms with van der Waals surface area (Å²) in [7, 11) is 0. The van der Waals surface area contributed by atoms with Crippen LogP contribution in [-0.2, 0) is 0 Å². The predicted molar refractivity (Wildman–Crippen MR) is 43.6 cm³/mol. The molecule has 0 aromatic heterocycles. The third-order valence-electron chi connectivity index (χ3n) is 0.544. The molecule has 0 rings (SSSR count). The Morgan fingerprint density at radius 1 is 0.875 bits per heavy atom. The molecule has 0 heterocycles. The number of thioether (sulfide) groups is 1. The van der Waals surface area contributed by atoms with E-state index in [1.807, 2.05) is 11.8 Å². The van der Waals surface area contributed by atoms with Crippen molar-refractivity contribution < 1.29 is 0 Å². The largest absolute Gasteiger partial charge is 0.156 e. The van der Waals surface area contributed by atoms with Crippen LogP contribution in [0.4, 0.5) is 0 Å². The Bertz CT molecular complexity index is 37.8. The molecule has 0 bridgehead atoms. The smallest absolute Gasteiger partial charge is 0 e. The van der Waals surface area contributed by atoms with E-state index in [2.05, 4.69) is 27.7 Å². The van der Waals surface area contributed by atoms with Crippen LogP contribution in [0.25, 0.3) is 0 Å². The Hall–Kier alpha value is 1.35. The minimum absolute atomic E-state index is 0. The van der Waals surface area contributed by atoms with E-state index in [9.17, 15) is 0 Å². The van der Waals surface area contributed by atoms with E-state index in [0.29, 0.717) is 0 Å². The molecule has 0 saturated carbocycles. The van der Waals surface area contributed by atoms with Crippen molar-refractivity contribution in [2.45, 2.75) is 38.2 Å². The molecule has 0 atom stereocenters. The quantitative estimate of drug-likeness (QED) is 0.531. The summed E-state index contributed by atoms with van der Waals surface area (Å²) in [6.07, 6.45) is 0. The summed E-state index contributed by atoms with van der Waals surface area (Å²) < 4.78 is 0. The molecule has 8 heavy (non-hydrogen) atoms. The van der Waals surface area contributed by atoms with Gasteiger partial charge in [-0.25, -0.2) is 0 Å². The Kier molecular flexibility index (Phi) is 9.76. The van der Waals surface area contributed by atoms with Gasteiger partial charge >= 0.3 is 0 Å². The molecule has 0 fully saturated rings. The molecule has 0 aromatic carbocycles. The standard InChI is InChI=1S/C6H14S.Na/c1-5(2)7-6(3)4;/h5-6H,1-4H3;. The first kappa shape index (κ1) is 12.1. The van der Waals surface area contributed by atoms with E-state index < -0.39 is 0 Å². The minimum Gasteiger partial charge on any atom is -0.156 e. The van der Waals surface area contributed by atoms with E-state index in [0.717, 1.165) is 10.5 Å². The molecular formula is C6H14NaS. The third-order valence-corrected chi connectivity index (χ3v) is 1.63. The third kappa shape index (κ3) is 10.4. The molecule has 0 nitrogen and oxygen atoms in total. The van der Waals surface area contributed by atoms with Gasteiger partial charge in [0, 0.05) is 29.6 Å². The normalized spacial score (nSPS) is 9.75. The van der Waals surface area contributed by atoms with Gasteiger partial charge in [-0.15, -0.1) is 0 Å². The van der Waals surface area contributed by atoms with Crippen molar-refractivity contribution in [2.24, 2.45) is 0 Å². The van der Waals surface area contributed by atoms with Crippen molar-refractivity contribution in [3.8, 4) is 0 Å². The van der Waals surface area contributed by atoms with E-state index in [1.54, 1.807) is 0 Å². The summed E-state index contributed by atoms with van der Waals surface area (Å²) in [5.74, 6) is 0. The summed E-state index contributed by atoms with van der Waals surface area (Å²) in [6.45, 7) is 8.91. The van der Waals surface area contributed by atoms with Gasteiger partial charge in [0.15, 0.2) is 0 Å². The van der Waals surface area contributed by atoms with Crippen LogP contribution < -0.4 is 0 Å². The Morgan fingerprint density at radius 2 is 1.12 bits per heavy atom. The van der Waals surface area contributed by atoms with Crippen LogP contribution in [0.2, 0.25) is 0 Å². The van der Waals surface area contributed by atoms with Gasteiger partial charge in [0.2, 0.25) is 0 Å². The molecule has 0 aliphatic carbocycles. The van der Waals surface area contributed by atoms with Gasteiger partial charge in [-0.1, -0.05) is 27.7 Å². The fourth-order valence-electron chi connectivity index (χ4n) is 0.544. The number of rotatable bonds is 2. The van der Waals surface area contributed by atoms with Gasteiger partial charge in [-0.3, -0.25) is 0 Å². The van der Waals surface area contributed by atoms with Crippen molar-refractivity contribution in [1.29, 1.82) is 0 Å². The zero-order chi connectivity index (χ0) is 5.86. The van der Waals surface area contributed by atoms with Crippen molar-refractivity contribution in [2.75, 3.05) is 0 Å². The van der Waals surface area contributed by atoms with E-state index in [1.165, 1.54) is 0 Å². The maximum absolute atomic E-state index is 2.23. The molecule has 45 valence electrons. The SMILES string of the molecule is CC(C)SC(C)C.[Na]. The average molecular weight is 141 g/mol. The van der Waals surface area contributed by atoms with E-state index in [-0.39, 0.29) is 29.6 Å². The van der Waals surface area contributed by atoms with Crippen LogP contribution in [0.3, 0.4) is 0 Å². The monoisotopic (exact) mass is 141 g/mol. The zero-order valence-corrected chi connectivity index (χ0v) is 9.38. The molecule has 0 amide bonds. The van der Waals surface area contributed by atoms with E-state index >= 15 is 0 Å². The zero-order valence-electron chi connectivity index (χ0n) is 6.56. The summed E-state index contributed by atoms with van der Waals surface area (Å²) >= 11 is 2.01. The second-order valence-electron chi connectivity index (χ2n) is 2.23. The van der Waals surface area contributed by atoms with Gasteiger partial charge in [0.1, 0.15) is 0 Å². The van der Waals surface area contributed by atoms with Gasteiger partial charge in [0.25, 0.3) is 0 Å².